The molecule has 2 N–H and O–H groups in total. The van der Waals surface area contributed by atoms with E-state index in [9.17, 15) is 19.8 Å². The number of phenolic OH excluding ortho intramolecular Hbond substituents is 1. The second kappa shape index (κ2) is 9.49. The van der Waals surface area contributed by atoms with Crippen molar-refractivity contribution in [3.05, 3.63) is 41.5 Å². The number of aromatic hydroxyl groups is 1. The van der Waals surface area contributed by atoms with Crippen LogP contribution in [0.3, 0.4) is 0 Å². The Bertz CT molecular complexity index is 902. The summed E-state index contributed by atoms with van der Waals surface area (Å²) in [5.74, 6) is -0.960. The molecule has 6 heteroatoms. The molecule has 3 rings (SSSR count). The molecule has 2 aliphatic rings. The Morgan fingerprint density at radius 3 is 2.30 bits per heavy atom. The summed E-state index contributed by atoms with van der Waals surface area (Å²) in [6.07, 6.45) is 2.89. The predicted molar refractivity (Wildman–Crippen MR) is 126 cm³/mol. The normalized spacial score (nSPS) is 31.7. The van der Waals surface area contributed by atoms with E-state index in [4.69, 9.17) is 9.47 Å². The maximum absolute atomic E-state index is 13.0. The predicted octanol–water partition coefficient (Wildman–Crippen LogP) is 5.03. The molecular formula is C27H38O6. The number of carbonyl (C=O) groups is 2. The lowest BCUT2D eigenvalue weighted by atomic mass is 9.66. The fraction of sp³-hybridized carbons (Fsp3) is 0.630. The Morgan fingerprint density at radius 1 is 1.09 bits per heavy atom. The van der Waals surface area contributed by atoms with Crippen molar-refractivity contribution in [1.29, 1.82) is 0 Å². The van der Waals surface area contributed by atoms with Crippen LogP contribution in [-0.4, -0.2) is 40.0 Å². The first kappa shape index (κ1) is 25.3. The van der Waals surface area contributed by atoms with Crippen LogP contribution in [0, 0.1) is 23.2 Å². The van der Waals surface area contributed by atoms with E-state index in [1.165, 1.54) is 24.3 Å². The topological polar surface area (TPSA) is 93.1 Å². The number of carbonyl (C=O) groups excluding carboxylic acids is 2. The minimum absolute atomic E-state index is 0.0652. The molecule has 0 amide bonds. The Kier molecular flexibility index (Phi) is 7.27. The third kappa shape index (κ3) is 5.11. The molecule has 1 aromatic carbocycles. The molecule has 0 saturated heterocycles. The van der Waals surface area contributed by atoms with Gasteiger partial charge < -0.3 is 19.7 Å². The second-order valence-electron chi connectivity index (χ2n) is 10.8. The van der Waals surface area contributed by atoms with Crippen molar-refractivity contribution < 1.29 is 29.3 Å². The maximum atomic E-state index is 13.0. The van der Waals surface area contributed by atoms with E-state index in [-0.39, 0.29) is 23.6 Å². The molecule has 5 atom stereocenters. The van der Waals surface area contributed by atoms with Gasteiger partial charge in [0.1, 0.15) is 18.0 Å². The Balaban J connectivity index is 1.97. The highest BCUT2D eigenvalue weighted by Gasteiger charge is 2.63. The van der Waals surface area contributed by atoms with E-state index >= 15 is 0 Å². The number of aliphatic hydroxyl groups is 1. The van der Waals surface area contributed by atoms with Crippen molar-refractivity contribution >= 4 is 11.9 Å². The molecule has 0 aromatic heterocycles. The highest BCUT2D eigenvalue weighted by molar-refractivity contribution is 5.89. The number of esters is 2. The van der Waals surface area contributed by atoms with Gasteiger partial charge in [-0.2, -0.15) is 0 Å². The number of ether oxygens (including phenoxy) is 2. The summed E-state index contributed by atoms with van der Waals surface area (Å²) in [6.45, 7) is 11.9. The summed E-state index contributed by atoms with van der Waals surface area (Å²) >= 11 is 0. The summed E-state index contributed by atoms with van der Waals surface area (Å²) in [4.78, 5) is 25.6. The van der Waals surface area contributed by atoms with Crippen molar-refractivity contribution in [3.8, 4) is 5.75 Å². The van der Waals surface area contributed by atoms with Crippen LogP contribution < -0.4 is 0 Å². The van der Waals surface area contributed by atoms with Gasteiger partial charge in [-0.15, -0.1) is 0 Å². The van der Waals surface area contributed by atoms with Gasteiger partial charge in [0.05, 0.1) is 11.2 Å². The van der Waals surface area contributed by atoms with Crippen molar-refractivity contribution in [2.45, 2.75) is 85.0 Å². The molecule has 1 unspecified atom stereocenters. The van der Waals surface area contributed by atoms with Gasteiger partial charge in [-0.05, 0) is 61.9 Å². The molecule has 0 aliphatic heterocycles. The summed E-state index contributed by atoms with van der Waals surface area (Å²) in [6, 6.07) is 5.94. The van der Waals surface area contributed by atoms with Crippen LogP contribution in [-0.2, 0) is 14.3 Å². The van der Waals surface area contributed by atoms with Gasteiger partial charge in [-0.25, -0.2) is 4.79 Å². The van der Waals surface area contributed by atoms with Gasteiger partial charge in [0.15, 0.2) is 0 Å². The molecule has 1 saturated carbocycles. The van der Waals surface area contributed by atoms with Crippen LogP contribution in [0.2, 0.25) is 0 Å². The van der Waals surface area contributed by atoms with Crippen molar-refractivity contribution in [1.82, 2.24) is 0 Å². The number of benzene rings is 1. The van der Waals surface area contributed by atoms with E-state index in [0.29, 0.717) is 31.2 Å². The lowest BCUT2D eigenvalue weighted by Crippen LogP contribution is -2.53. The van der Waals surface area contributed by atoms with Gasteiger partial charge >= 0.3 is 11.9 Å². The Morgan fingerprint density at radius 2 is 1.73 bits per heavy atom. The van der Waals surface area contributed by atoms with Crippen molar-refractivity contribution in [2.24, 2.45) is 23.2 Å². The van der Waals surface area contributed by atoms with Crippen LogP contribution in [0.1, 0.15) is 77.6 Å². The molecule has 2 aliphatic carbocycles. The van der Waals surface area contributed by atoms with E-state index in [0.717, 1.165) is 5.57 Å². The third-order valence-corrected chi connectivity index (χ3v) is 7.49. The van der Waals surface area contributed by atoms with Crippen LogP contribution in [0.4, 0.5) is 0 Å². The van der Waals surface area contributed by atoms with Crippen molar-refractivity contribution in [2.75, 3.05) is 0 Å². The third-order valence-electron chi connectivity index (χ3n) is 7.49. The number of phenols is 1. The molecule has 0 spiro atoms. The largest absolute Gasteiger partial charge is 0.508 e. The zero-order chi connectivity index (χ0) is 24.6. The molecular weight excluding hydrogens is 420 g/mol. The monoisotopic (exact) mass is 458 g/mol. The van der Waals surface area contributed by atoms with E-state index in [2.05, 4.69) is 0 Å². The zero-order valence-electron chi connectivity index (χ0n) is 20.6. The highest BCUT2D eigenvalue weighted by Crippen LogP contribution is 2.58. The molecule has 1 aromatic rings. The van der Waals surface area contributed by atoms with Gasteiger partial charge in [0, 0.05) is 24.2 Å². The zero-order valence-corrected chi connectivity index (χ0v) is 20.6. The minimum atomic E-state index is -1.06. The van der Waals surface area contributed by atoms with Crippen LogP contribution >= 0.6 is 0 Å². The first-order valence-corrected chi connectivity index (χ1v) is 12.0. The fourth-order valence-corrected chi connectivity index (χ4v) is 5.62. The van der Waals surface area contributed by atoms with E-state index < -0.39 is 35.1 Å². The van der Waals surface area contributed by atoms with Crippen LogP contribution in [0.5, 0.6) is 5.75 Å². The van der Waals surface area contributed by atoms with E-state index in [1.807, 2.05) is 47.6 Å². The smallest absolute Gasteiger partial charge is 0.338 e. The molecule has 1 fully saturated rings. The minimum Gasteiger partial charge on any atom is -0.508 e. The lowest BCUT2D eigenvalue weighted by molar-refractivity contribution is -0.164. The Hall–Kier alpha value is -2.34. The van der Waals surface area contributed by atoms with Crippen LogP contribution in [0.15, 0.2) is 35.9 Å². The quantitative estimate of drug-likeness (QED) is 0.459. The molecule has 182 valence electrons. The van der Waals surface area contributed by atoms with Gasteiger partial charge in [0.2, 0.25) is 0 Å². The number of hydrogen-bond acceptors (Lipinski definition) is 6. The van der Waals surface area contributed by atoms with Gasteiger partial charge in [-0.1, -0.05) is 40.2 Å². The van der Waals surface area contributed by atoms with Crippen molar-refractivity contribution in [3.63, 3.8) is 0 Å². The molecule has 33 heavy (non-hydrogen) atoms. The summed E-state index contributed by atoms with van der Waals surface area (Å²) in [5.41, 5.74) is -0.340. The van der Waals surface area contributed by atoms with Gasteiger partial charge in [-0.3, -0.25) is 4.79 Å². The maximum Gasteiger partial charge on any atom is 0.338 e. The number of rotatable bonds is 6. The Labute approximate surface area is 197 Å². The van der Waals surface area contributed by atoms with Crippen LogP contribution in [0.25, 0.3) is 0 Å². The highest BCUT2D eigenvalue weighted by atomic mass is 16.6. The average Bonchev–Trinajstić information content (AvgIpc) is 2.94. The average molecular weight is 459 g/mol. The summed E-state index contributed by atoms with van der Waals surface area (Å²) in [7, 11) is 0. The second-order valence-corrected chi connectivity index (χ2v) is 10.8. The number of hydrogen-bond donors (Lipinski definition) is 2. The first-order valence-electron chi connectivity index (χ1n) is 12.0. The number of fused-ring (bicyclic) bond motifs is 1. The molecule has 0 heterocycles. The standard InChI is InChI=1S/C27H38O6/c1-16(2)13-23(29)33-22-15-18(5)14-21(32-25(30)19-7-9-20(28)10-8-19)24-26(22,6)11-12-27(24,31)17(3)4/h7-10,15-17,21-22,24,28,31H,11-14H2,1-6H3/t21-,22+,24?,26-,27+/m1/s1. The fourth-order valence-electron chi connectivity index (χ4n) is 5.62. The van der Waals surface area contributed by atoms with Gasteiger partial charge in [0.25, 0.3) is 0 Å². The summed E-state index contributed by atoms with van der Waals surface area (Å²) in [5, 5.41) is 21.4. The first-order chi connectivity index (χ1) is 15.4. The summed E-state index contributed by atoms with van der Waals surface area (Å²) < 4.78 is 12.0. The molecule has 0 radical (unpaired) electrons. The SMILES string of the molecule is CC1=C[C@H](OC(=O)CC(C)C)[C@@]2(C)CC[C@](O)(C(C)C)C2[C@H](OC(=O)c2ccc(O)cc2)C1. The van der Waals surface area contributed by atoms with E-state index in [1.54, 1.807) is 0 Å². The molecule has 0 bridgehead atoms. The molecule has 6 nitrogen and oxygen atoms in total. The lowest BCUT2D eigenvalue weighted by Gasteiger charge is -2.45.